The molecule has 1 unspecified atom stereocenters. The third kappa shape index (κ3) is 2.94. The second-order valence-electron chi connectivity index (χ2n) is 6.53. The number of nitro groups is 1. The van der Waals surface area contributed by atoms with Crippen LogP contribution < -0.4 is 10.1 Å². The Hall–Kier alpha value is -2.98. The molecule has 0 bridgehead atoms. The second kappa shape index (κ2) is 7.37. The largest absolute Gasteiger partial charge is 0.507 e. The van der Waals surface area contributed by atoms with Crippen molar-refractivity contribution in [2.24, 2.45) is 0 Å². The lowest BCUT2D eigenvalue weighted by Gasteiger charge is -2.29. The Morgan fingerprint density at radius 2 is 1.80 bits per heavy atom. The molecule has 2 aliphatic rings. The fourth-order valence-electron chi connectivity index (χ4n) is 3.65. The van der Waals surface area contributed by atoms with Crippen molar-refractivity contribution >= 4 is 49.2 Å². The number of fused-ring (bicyclic) bond motifs is 2. The maximum absolute atomic E-state index is 13.0. The zero-order chi connectivity index (χ0) is 21.7. The van der Waals surface area contributed by atoms with Gasteiger partial charge in [0, 0.05) is 28.2 Å². The first kappa shape index (κ1) is 20.3. The molecule has 4 rings (SSSR count). The summed E-state index contributed by atoms with van der Waals surface area (Å²) in [5.74, 6) is -3.62. The number of carbonyl (C=O) groups excluding carboxylic acids is 2. The smallest absolute Gasteiger partial charge is 0.317 e. The number of aliphatic hydroxyl groups is 1. The summed E-state index contributed by atoms with van der Waals surface area (Å²) in [5.41, 5.74) is -0.409. The Labute approximate surface area is 186 Å². The molecule has 0 aromatic heterocycles. The number of rotatable bonds is 3. The van der Waals surface area contributed by atoms with Crippen LogP contribution in [0.2, 0.25) is 0 Å². The Kier molecular flexibility index (Phi) is 4.99. The van der Waals surface area contributed by atoms with Gasteiger partial charge in [-0.2, -0.15) is 0 Å². The SMILES string of the molecule is CNC1=C([N+](=O)[O-])C(C2=C(O)c3ccccc3C(=O)C2=O)c2cc(Br)cc(Br)c2O1. The van der Waals surface area contributed by atoms with Crippen molar-refractivity contribution in [1.29, 1.82) is 0 Å². The Morgan fingerprint density at radius 1 is 1.13 bits per heavy atom. The number of halogens is 2. The minimum atomic E-state index is -1.34. The second-order valence-corrected chi connectivity index (χ2v) is 8.30. The molecule has 1 aliphatic heterocycles. The summed E-state index contributed by atoms with van der Waals surface area (Å²) in [6.45, 7) is 0. The Bertz CT molecular complexity index is 1220. The minimum absolute atomic E-state index is 0.0481. The van der Waals surface area contributed by atoms with Gasteiger partial charge in [0.15, 0.2) is 0 Å². The fraction of sp³-hybridized carbons (Fsp3) is 0.100. The quantitative estimate of drug-likeness (QED) is 0.345. The summed E-state index contributed by atoms with van der Waals surface area (Å²) in [6.07, 6.45) is 0. The van der Waals surface area contributed by atoms with Gasteiger partial charge in [0.1, 0.15) is 17.4 Å². The number of allylic oxidation sites excluding steroid dienone is 1. The molecule has 8 nitrogen and oxygen atoms in total. The lowest BCUT2D eigenvalue weighted by molar-refractivity contribution is -0.432. The monoisotopic (exact) mass is 534 g/mol. The summed E-state index contributed by atoms with van der Waals surface area (Å²) in [7, 11) is 1.44. The van der Waals surface area contributed by atoms with Gasteiger partial charge in [0.05, 0.1) is 15.0 Å². The summed E-state index contributed by atoms with van der Waals surface area (Å²) in [4.78, 5) is 37.1. The maximum Gasteiger partial charge on any atom is 0.317 e. The van der Waals surface area contributed by atoms with Crippen molar-refractivity contribution in [2.75, 3.05) is 7.05 Å². The van der Waals surface area contributed by atoms with Gasteiger partial charge in [-0.1, -0.05) is 40.2 Å². The molecule has 2 aromatic rings. The van der Waals surface area contributed by atoms with Crippen molar-refractivity contribution in [3.8, 4) is 5.75 Å². The molecule has 2 aromatic carbocycles. The first-order valence-electron chi connectivity index (χ1n) is 8.60. The average molecular weight is 536 g/mol. The van der Waals surface area contributed by atoms with E-state index in [1.54, 1.807) is 24.3 Å². The number of aliphatic hydroxyl groups excluding tert-OH is 1. The maximum atomic E-state index is 13.0. The number of nitrogens with zero attached hydrogens (tertiary/aromatic N) is 1. The van der Waals surface area contributed by atoms with E-state index >= 15 is 0 Å². The number of carbonyl (C=O) groups is 2. The molecule has 10 heteroatoms. The van der Waals surface area contributed by atoms with Crippen molar-refractivity contribution < 1.29 is 24.4 Å². The van der Waals surface area contributed by atoms with Gasteiger partial charge in [-0.25, -0.2) is 0 Å². The number of hydrogen-bond acceptors (Lipinski definition) is 7. The number of benzene rings is 2. The van der Waals surface area contributed by atoms with Crippen molar-refractivity contribution in [3.05, 3.63) is 89.3 Å². The molecule has 0 saturated carbocycles. The van der Waals surface area contributed by atoms with Gasteiger partial charge < -0.3 is 15.2 Å². The number of ketones is 2. The van der Waals surface area contributed by atoms with Crippen LogP contribution in [0.15, 0.2) is 62.5 Å². The van der Waals surface area contributed by atoms with Crippen molar-refractivity contribution in [1.82, 2.24) is 5.32 Å². The highest BCUT2D eigenvalue weighted by atomic mass is 79.9. The van der Waals surface area contributed by atoms with Crippen LogP contribution in [0.4, 0.5) is 0 Å². The van der Waals surface area contributed by atoms with Crippen LogP contribution in [0.25, 0.3) is 5.76 Å². The first-order valence-corrected chi connectivity index (χ1v) is 10.2. The zero-order valence-corrected chi connectivity index (χ0v) is 18.4. The summed E-state index contributed by atoms with van der Waals surface area (Å²) in [6, 6.07) is 9.32. The highest BCUT2D eigenvalue weighted by Crippen LogP contribution is 2.49. The van der Waals surface area contributed by atoms with Gasteiger partial charge in [-0.3, -0.25) is 19.7 Å². The molecule has 0 fully saturated rings. The molecule has 2 N–H and O–H groups in total. The molecule has 0 radical (unpaired) electrons. The van der Waals surface area contributed by atoms with Crippen molar-refractivity contribution in [3.63, 3.8) is 0 Å². The predicted molar refractivity (Wildman–Crippen MR) is 114 cm³/mol. The van der Waals surface area contributed by atoms with Gasteiger partial charge in [0.25, 0.3) is 5.88 Å². The van der Waals surface area contributed by atoms with Gasteiger partial charge in [-0.05, 0) is 28.1 Å². The molecule has 0 saturated heterocycles. The van der Waals surface area contributed by atoms with Crippen LogP contribution in [0.1, 0.15) is 27.4 Å². The Balaban J connectivity index is 2.10. The highest BCUT2D eigenvalue weighted by molar-refractivity contribution is 9.11. The van der Waals surface area contributed by atoms with Gasteiger partial charge in [0.2, 0.25) is 11.6 Å². The van der Waals surface area contributed by atoms with Crippen LogP contribution >= 0.6 is 31.9 Å². The van der Waals surface area contributed by atoms with Crippen LogP contribution in [-0.4, -0.2) is 28.6 Å². The molecule has 1 atom stereocenters. The van der Waals surface area contributed by atoms with E-state index in [9.17, 15) is 24.8 Å². The highest BCUT2D eigenvalue weighted by Gasteiger charge is 2.48. The summed E-state index contributed by atoms with van der Waals surface area (Å²) < 4.78 is 6.72. The molecule has 30 heavy (non-hydrogen) atoms. The third-order valence-corrected chi connectivity index (χ3v) is 5.95. The molecule has 1 aliphatic carbocycles. The van der Waals surface area contributed by atoms with E-state index in [0.29, 0.717) is 8.95 Å². The summed E-state index contributed by atoms with van der Waals surface area (Å²) in [5, 5.41) is 25.6. The summed E-state index contributed by atoms with van der Waals surface area (Å²) >= 11 is 6.69. The van der Waals surface area contributed by atoms with Crippen LogP contribution in [0.5, 0.6) is 5.75 Å². The molecule has 152 valence electrons. The van der Waals surface area contributed by atoms with E-state index in [1.165, 1.54) is 19.2 Å². The van der Waals surface area contributed by atoms with E-state index < -0.39 is 33.9 Å². The van der Waals surface area contributed by atoms with Gasteiger partial charge in [-0.15, -0.1) is 0 Å². The third-order valence-electron chi connectivity index (χ3n) is 4.90. The number of hydrogen-bond donors (Lipinski definition) is 2. The molecular formula is C20H12Br2N2O6. The van der Waals surface area contributed by atoms with E-state index in [1.807, 2.05) is 0 Å². The lowest BCUT2D eigenvalue weighted by Crippen LogP contribution is -2.34. The molecule has 1 heterocycles. The van der Waals surface area contributed by atoms with Crippen LogP contribution in [0, 0.1) is 10.1 Å². The van der Waals surface area contributed by atoms with E-state index in [-0.39, 0.29) is 33.9 Å². The Morgan fingerprint density at radius 3 is 2.43 bits per heavy atom. The molecular weight excluding hydrogens is 524 g/mol. The first-order chi connectivity index (χ1) is 14.3. The normalized spacial score (nSPS) is 18.0. The van der Waals surface area contributed by atoms with E-state index in [0.717, 1.165) is 0 Å². The average Bonchev–Trinajstić information content (AvgIpc) is 2.71. The number of Topliss-reactive ketones (excluding diaryl/α,β-unsaturated/α-hetero) is 2. The number of nitrogens with one attached hydrogen (secondary N) is 1. The van der Waals surface area contributed by atoms with Crippen LogP contribution in [0.3, 0.4) is 0 Å². The van der Waals surface area contributed by atoms with Gasteiger partial charge >= 0.3 is 5.70 Å². The fourth-order valence-corrected chi connectivity index (χ4v) is 4.99. The van der Waals surface area contributed by atoms with Crippen LogP contribution in [-0.2, 0) is 4.79 Å². The zero-order valence-electron chi connectivity index (χ0n) is 15.2. The topological polar surface area (TPSA) is 119 Å². The minimum Gasteiger partial charge on any atom is -0.507 e. The number of ether oxygens (including phenoxy) is 1. The standard InChI is InChI=1S/C20H12Br2N2O6/c1-23-20-15(24(28)29)13(11-6-8(21)7-12(22)19(11)30-20)14-16(25)9-4-2-3-5-10(9)17(26)18(14)27/h2-7,13,23,25H,1H3. The predicted octanol–water partition coefficient (Wildman–Crippen LogP) is 4.09. The molecule has 0 amide bonds. The lowest BCUT2D eigenvalue weighted by atomic mass is 9.77. The van der Waals surface area contributed by atoms with E-state index in [4.69, 9.17) is 4.74 Å². The molecule has 0 spiro atoms. The van der Waals surface area contributed by atoms with Crippen molar-refractivity contribution in [2.45, 2.75) is 5.92 Å². The van der Waals surface area contributed by atoms with E-state index in [2.05, 4.69) is 37.2 Å².